The minimum atomic E-state index is -3.73. The lowest BCUT2D eigenvalue weighted by Crippen LogP contribution is -2.44. The van der Waals surface area contributed by atoms with E-state index in [9.17, 15) is 8.42 Å². The number of piperazine rings is 1. The van der Waals surface area contributed by atoms with Crippen LogP contribution in [-0.2, 0) is 10.0 Å². The molecule has 33 heavy (non-hydrogen) atoms. The summed E-state index contributed by atoms with van der Waals surface area (Å²) in [7, 11) is -1.61. The Morgan fingerprint density at radius 1 is 0.788 bits per heavy atom. The minimum absolute atomic E-state index is 0.225. The summed E-state index contributed by atoms with van der Waals surface area (Å²) in [5, 5.41) is 10.7. The highest BCUT2D eigenvalue weighted by Gasteiger charge is 2.17. The van der Waals surface area contributed by atoms with Crippen molar-refractivity contribution in [2.75, 3.05) is 42.8 Å². The summed E-state index contributed by atoms with van der Waals surface area (Å²) in [6.07, 6.45) is 0. The average Bonchev–Trinajstić information content (AvgIpc) is 2.84. The molecule has 1 N–H and O–H groups in total. The summed E-state index contributed by atoms with van der Waals surface area (Å²) in [4.78, 5) is 4.75. The Hall–Kier alpha value is -3.49. The van der Waals surface area contributed by atoms with E-state index >= 15 is 0 Å². The van der Waals surface area contributed by atoms with Gasteiger partial charge in [-0.25, -0.2) is 8.42 Å². The molecular weight excluding hydrogens is 434 g/mol. The van der Waals surface area contributed by atoms with Gasteiger partial charge in [0.05, 0.1) is 10.6 Å². The highest BCUT2D eigenvalue weighted by molar-refractivity contribution is 7.92. The van der Waals surface area contributed by atoms with Crippen LogP contribution in [0.3, 0.4) is 0 Å². The van der Waals surface area contributed by atoms with Crippen molar-refractivity contribution in [3.63, 3.8) is 0 Å². The Bertz CT molecular complexity index is 1380. The molecule has 4 aromatic rings. The maximum absolute atomic E-state index is 13.0. The van der Waals surface area contributed by atoms with E-state index in [-0.39, 0.29) is 4.90 Å². The number of likely N-dealkylation sites (N-methyl/N-ethyl adjacent to an activating group) is 1. The molecule has 3 aromatic carbocycles. The van der Waals surface area contributed by atoms with Crippen molar-refractivity contribution in [3.8, 4) is 11.3 Å². The van der Waals surface area contributed by atoms with Crippen molar-refractivity contribution in [1.29, 1.82) is 0 Å². The lowest BCUT2D eigenvalue weighted by atomic mass is 10.1. The number of sulfonamides is 1. The third-order valence-electron chi connectivity index (χ3n) is 5.92. The topological polar surface area (TPSA) is 78.4 Å². The second-order valence-corrected chi connectivity index (χ2v) is 9.94. The number of fused-ring (bicyclic) bond motifs is 1. The lowest BCUT2D eigenvalue weighted by molar-refractivity contribution is 0.312. The summed E-state index contributed by atoms with van der Waals surface area (Å²) in [5.41, 5.74) is 1.97. The van der Waals surface area contributed by atoms with Gasteiger partial charge in [-0.05, 0) is 54.2 Å². The van der Waals surface area contributed by atoms with E-state index < -0.39 is 10.0 Å². The number of rotatable bonds is 5. The first-order valence-electron chi connectivity index (χ1n) is 10.9. The van der Waals surface area contributed by atoms with Crippen LogP contribution >= 0.6 is 0 Å². The van der Waals surface area contributed by atoms with Gasteiger partial charge in [0.1, 0.15) is 0 Å². The number of hydrogen-bond acceptors (Lipinski definition) is 6. The number of hydrogen-bond donors (Lipinski definition) is 1. The van der Waals surface area contributed by atoms with Gasteiger partial charge in [0.2, 0.25) is 0 Å². The quantitative estimate of drug-likeness (QED) is 0.488. The van der Waals surface area contributed by atoms with Crippen LogP contribution in [-0.4, -0.2) is 56.7 Å². The SMILES string of the molecule is CN1CCN(c2ccc(-c3cccc(NS(=O)(=O)c4ccc5ccccc5c4)c3)nn2)CC1. The third-order valence-corrected chi connectivity index (χ3v) is 7.30. The van der Waals surface area contributed by atoms with Crippen LogP contribution in [0.2, 0.25) is 0 Å². The molecule has 0 saturated carbocycles. The molecule has 1 saturated heterocycles. The van der Waals surface area contributed by atoms with Crippen molar-refractivity contribution >= 4 is 32.3 Å². The summed E-state index contributed by atoms with van der Waals surface area (Å²) in [5.74, 6) is 0.861. The Labute approximate surface area is 193 Å². The number of anilines is 2. The largest absolute Gasteiger partial charge is 0.353 e. The van der Waals surface area contributed by atoms with Gasteiger partial charge in [0, 0.05) is 37.4 Å². The molecular formula is C25H25N5O2S. The predicted molar refractivity (Wildman–Crippen MR) is 132 cm³/mol. The molecule has 5 rings (SSSR count). The molecule has 0 radical (unpaired) electrons. The normalized spacial score (nSPS) is 15.0. The van der Waals surface area contributed by atoms with Gasteiger partial charge in [0.25, 0.3) is 10.0 Å². The zero-order chi connectivity index (χ0) is 22.8. The number of aromatic nitrogens is 2. The van der Waals surface area contributed by atoms with Crippen LogP contribution in [0.5, 0.6) is 0 Å². The molecule has 0 amide bonds. The van der Waals surface area contributed by atoms with Crippen molar-refractivity contribution in [2.45, 2.75) is 4.90 Å². The first kappa shape index (κ1) is 21.4. The van der Waals surface area contributed by atoms with Crippen LogP contribution in [0.1, 0.15) is 0 Å². The van der Waals surface area contributed by atoms with Crippen molar-refractivity contribution in [2.24, 2.45) is 0 Å². The Balaban J connectivity index is 1.35. The van der Waals surface area contributed by atoms with E-state index in [2.05, 4.69) is 31.8 Å². The molecule has 7 nitrogen and oxygen atoms in total. The van der Waals surface area contributed by atoms with Crippen LogP contribution in [0.25, 0.3) is 22.0 Å². The molecule has 1 fully saturated rings. The van der Waals surface area contributed by atoms with Crippen molar-refractivity contribution in [3.05, 3.63) is 78.9 Å². The first-order valence-corrected chi connectivity index (χ1v) is 12.4. The van der Waals surface area contributed by atoms with Gasteiger partial charge in [-0.1, -0.05) is 42.5 Å². The molecule has 0 aliphatic carbocycles. The van der Waals surface area contributed by atoms with Gasteiger partial charge in [0.15, 0.2) is 5.82 Å². The average molecular weight is 460 g/mol. The maximum Gasteiger partial charge on any atom is 0.261 e. The lowest BCUT2D eigenvalue weighted by Gasteiger charge is -2.32. The fourth-order valence-electron chi connectivity index (χ4n) is 3.97. The van der Waals surface area contributed by atoms with Gasteiger partial charge in [-0.15, -0.1) is 10.2 Å². The van der Waals surface area contributed by atoms with E-state index in [1.165, 1.54) is 0 Å². The van der Waals surface area contributed by atoms with Crippen LogP contribution in [0.4, 0.5) is 11.5 Å². The number of nitrogens with zero attached hydrogens (tertiary/aromatic N) is 4. The molecule has 2 heterocycles. The summed E-state index contributed by atoms with van der Waals surface area (Å²) < 4.78 is 28.7. The van der Waals surface area contributed by atoms with Crippen LogP contribution in [0.15, 0.2) is 83.8 Å². The van der Waals surface area contributed by atoms with Gasteiger partial charge in [-0.2, -0.15) is 0 Å². The number of benzene rings is 3. The van der Waals surface area contributed by atoms with E-state index in [0.29, 0.717) is 11.4 Å². The summed E-state index contributed by atoms with van der Waals surface area (Å²) in [6.45, 7) is 3.86. The van der Waals surface area contributed by atoms with Gasteiger partial charge >= 0.3 is 0 Å². The predicted octanol–water partition coefficient (Wildman–Crippen LogP) is 3.85. The first-order chi connectivity index (χ1) is 16.0. The fourth-order valence-corrected chi connectivity index (χ4v) is 5.06. The highest BCUT2D eigenvalue weighted by atomic mass is 32.2. The monoisotopic (exact) mass is 459 g/mol. The Morgan fingerprint density at radius 3 is 2.33 bits per heavy atom. The molecule has 0 atom stereocenters. The molecule has 0 unspecified atom stereocenters. The Kier molecular flexibility index (Phi) is 5.70. The molecule has 0 bridgehead atoms. The molecule has 1 aromatic heterocycles. The Morgan fingerprint density at radius 2 is 1.58 bits per heavy atom. The standard InChI is InChI=1S/C25H25N5O2S/c1-29-13-15-30(16-14-29)25-12-11-24(26-27-25)21-7-4-8-22(17-21)28-33(31,32)23-10-9-19-5-2-3-6-20(19)18-23/h2-12,17-18,28H,13-16H2,1H3. The zero-order valence-corrected chi connectivity index (χ0v) is 19.2. The van der Waals surface area contributed by atoms with Gasteiger partial charge < -0.3 is 9.80 Å². The van der Waals surface area contributed by atoms with E-state index in [1.54, 1.807) is 24.3 Å². The second kappa shape index (κ2) is 8.80. The molecule has 8 heteroatoms. The minimum Gasteiger partial charge on any atom is -0.353 e. The second-order valence-electron chi connectivity index (χ2n) is 8.26. The number of nitrogens with one attached hydrogen (secondary N) is 1. The molecule has 1 aliphatic rings. The zero-order valence-electron chi connectivity index (χ0n) is 18.3. The summed E-state index contributed by atoms with van der Waals surface area (Å²) >= 11 is 0. The molecule has 1 aliphatic heterocycles. The van der Waals surface area contributed by atoms with E-state index in [1.807, 2.05) is 54.6 Å². The van der Waals surface area contributed by atoms with Crippen LogP contribution < -0.4 is 9.62 Å². The third kappa shape index (κ3) is 4.67. The maximum atomic E-state index is 13.0. The van der Waals surface area contributed by atoms with Crippen LogP contribution in [0, 0.1) is 0 Å². The van der Waals surface area contributed by atoms with Gasteiger partial charge in [-0.3, -0.25) is 4.72 Å². The van der Waals surface area contributed by atoms with Crippen molar-refractivity contribution in [1.82, 2.24) is 15.1 Å². The van der Waals surface area contributed by atoms with E-state index in [4.69, 9.17) is 0 Å². The molecule has 0 spiro atoms. The molecule has 168 valence electrons. The summed E-state index contributed by atoms with van der Waals surface area (Å²) in [6, 6.07) is 23.9. The fraction of sp³-hybridized carbons (Fsp3) is 0.200. The smallest absolute Gasteiger partial charge is 0.261 e. The van der Waals surface area contributed by atoms with Crippen molar-refractivity contribution < 1.29 is 8.42 Å². The van der Waals surface area contributed by atoms with E-state index in [0.717, 1.165) is 48.3 Å². The highest BCUT2D eigenvalue weighted by Crippen LogP contribution is 2.25.